The fourth-order valence-electron chi connectivity index (χ4n) is 4.37. The van der Waals surface area contributed by atoms with Gasteiger partial charge in [0, 0.05) is 70.7 Å². The van der Waals surface area contributed by atoms with Crippen LogP contribution in [0.3, 0.4) is 0 Å². The molecular formula is C25H37N5O2. The molecule has 174 valence electrons. The molecule has 1 aliphatic heterocycles. The molecule has 0 bridgehead atoms. The lowest BCUT2D eigenvalue weighted by Gasteiger charge is -2.29. The molecule has 0 radical (unpaired) electrons. The first kappa shape index (κ1) is 24.0. The SMILES string of the molecule is CC(=O)N1CCCN(CC(C)C)CCN(C(=O)CCCn2ccnc2)Cc2ccccc21. The van der Waals surface area contributed by atoms with E-state index in [-0.39, 0.29) is 11.8 Å². The van der Waals surface area contributed by atoms with Crippen LogP contribution >= 0.6 is 0 Å². The van der Waals surface area contributed by atoms with Crippen LogP contribution in [0.15, 0.2) is 43.0 Å². The lowest BCUT2D eigenvalue weighted by Crippen LogP contribution is -2.40. The lowest BCUT2D eigenvalue weighted by molar-refractivity contribution is -0.132. The topological polar surface area (TPSA) is 61.7 Å². The summed E-state index contributed by atoms with van der Waals surface area (Å²) in [6.45, 7) is 11.6. The lowest BCUT2D eigenvalue weighted by atomic mass is 10.1. The van der Waals surface area contributed by atoms with Crippen molar-refractivity contribution in [2.45, 2.75) is 53.1 Å². The summed E-state index contributed by atoms with van der Waals surface area (Å²) in [5.74, 6) is 0.768. The van der Waals surface area contributed by atoms with Gasteiger partial charge in [-0.25, -0.2) is 4.98 Å². The molecule has 0 N–H and O–H groups in total. The Kier molecular flexibility index (Phi) is 8.85. The number of hydrogen-bond acceptors (Lipinski definition) is 4. The van der Waals surface area contributed by atoms with Crippen molar-refractivity contribution in [2.24, 2.45) is 5.92 Å². The number of para-hydroxylation sites is 1. The average molecular weight is 440 g/mol. The van der Waals surface area contributed by atoms with E-state index in [4.69, 9.17) is 0 Å². The second kappa shape index (κ2) is 11.8. The Balaban J connectivity index is 1.78. The van der Waals surface area contributed by atoms with Crippen LogP contribution in [0.4, 0.5) is 5.69 Å². The molecule has 1 aliphatic rings. The maximum absolute atomic E-state index is 13.2. The van der Waals surface area contributed by atoms with Gasteiger partial charge < -0.3 is 19.3 Å². The summed E-state index contributed by atoms with van der Waals surface area (Å²) in [7, 11) is 0. The zero-order valence-electron chi connectivity index (χ0n) is 19.7. The van der Waals surface area contributed by atoms with Crippen LogP contribution in [-0.2, 0) is 22.7 Å². The van der Waals surface area contributed by atoms with Gasteiger partial charge in [0.25, 0.3) is 0 Å². The van der Waals surface area contributed by atoms with Crippen LogP contribution in [0.25, 0.3) is 0 Å². The zero-order valence-corrected chi connectivity index (χ0v) is 19.7. The molecule has 0 aliphatic carbocycles. The Morgan fingerprint density at radius 3 is 2.62 bits per heavy atom. The third-order valence-corrected chi connectivity index (χ3v) is 5.91. The number of rotatable bonds is 6. The smallest absolute Gasteiger partial charge is 0.223 e. The Morgan fingerprint density at radius 1 is 1.09 bits per heavy atom. The van der Waals surface area contributed by atoms with E-state index in [9.17, 15) is 9.59 Å². The number of anilines is 1. The van der Waals surface area contributed by atoms with Crippen molar-refractivity contribution in [3.05, 3.63) is 48.5 Å². The van der Waals surface area contributed by atoms with Gasteiger partial charge in [0.1, 0.15) is 0 Å². The largest absolute Gasteiger partial charge is 0.337 e. The highest BCUT2D eigenvalue weighted by Crippen LogP contribution is 2.24. The van der Waals surface area contributed by atoms with Gasteiger partial charge in [-0.05, 0) is 36.9 Å². The van der Waals surface area contributed by atoms with Crippen molar-refractivity contribution in [1.82, 2.24) is 19.4 Å². The molecule has 0 fully saturated rings. The fraction of sp³-hybridized carbons (Fsp3) is 0.560. The normalized spacial score (nSPS) is 16.0. The fourth-order valence-corrected chi connectivity index (χ4v) is 4.37. The van der Waals surface area contributed by atoms with E-state index >= 15 is 0 Å². The first-order valence-electron chi connectivity index (χ1n) is 11.8. The van der Waals surface area contributed by atoms with Gasteiger partial charge in [-0.15, -0.1) is 0 Å². The van der Waals surface area contributed by atoms with Crippen LogP contribution in [-0.4, -0.2) is 63.9 Å². The number of imidazole rings is 1. The van der Waals surface area contributed by atoms with E-state index < -0.39 is 0 Å². The molecule has 2 aromatic rings. The minimum atomic E-state index is 0.0466. The molecule has 2 heterocycles. The van der Waals surface area contributed by atoms with Crippen LogP contribution in [0.5, 0.6) is 0 Å². The van der Waals surface area contributed by atoms with Crippen LogP contribution in [0, 0.1) is 5.92 Å². The predicted octanol–water partition coefficient (Wildman–Crippen LogP) is 3.41. The summed E-state index contributed by atoms with van der Waals surface area (Å²) >= 11 is 0. The highest BCUT2D eigenvalue weighted by atomic mass is 16.2. The highest BCUT2D eigenvalue weighted by molar-refractivity contribution is 5.92. The number of fused-ring (bicyclic) bond motifs is 1. The molecule has 1 aromatic heterocycles. The van der Waals surface area contributed by atoms with E-state index in [1.54, 1.807) is 19.4 Å². The number of hydrogen-bond donors (Lipinski definition) is 0. The van der Waals surface area contributed by atoms with Crippen LogP contribution < -0.4 is 4.90 Å². The molecule has 7 nitrogen and oxygen atoms in total. The Morgan fingerprint density at radius 2 is 1.91 bits per heavy atom. The summed E-state index contributed by atoms with van der Waals surface area (Å²) in [5.41, 5.74) is 1.96. The van der Waals surface area contributed by atoms with Gasteiger partial charge in [-0.2, -0.15) is 0 Å². The first-order valence-corrected chi connectivity index (χ1v) is 11.8. The molecule has 0 atom stereocenters. The molecular weight excluding hydrogens is 402 g/mol. The van der Waals surface area contributed by atoms with Gasteiger partial charge in [-0.3, -0.25) is 9.59 Å². The number of nitrogens with zero attached hydrogens (tertiary/aromatic N) is 5. The number of amides is 2. The van der Waals surface area contributed by atoms with Crippen molar-refractivity contribution in [1.29, 1.82) is 0 Å². The van der Waals surface area contributed by atoms with E-state index in [0.29, 0.717) is 32.0 Å². The van der Waals surface area contributed by atoms with Gasteiger partial charge in [0.15, 0.2) is 0 Å². The second-order valence-electron chi connectivity index (χ2n) is 9.07. The van der Waals surface area contributed by atoms with Crippen molar-refractivity contribution >= 4 is 17.5 Å². The van der Waals surface area contributed by atoms with Crippen LogP contribution in [0.1, 0.15) is 45.6 Å². The Labute approximate surface area is 192 Å². The minimum absolute atomic E-state index is 0.0466. The number of carbonyl (C=O) groups is 2. The Hall–Kier alpha value is -2.67. The van der Waals surface area contributed by atoms with E-state index in [2.05, 4.69) is 23.7 Å². The molecule has 0 saturated carbocycles. The van der Waals surface area contributed by atoms with E-state index in [0.717, 1.165) is 50.3 Å². The van der Waals surface area contributed by atoms with Crippen LogP contribution in [0.2, 0.25) is 0 Å². The number of aryl methyl sites for hydroxylation is 1. The molecule has 1 aromatic carbocycles. The standard InChI is InChI=1S/C25H37N5O2/c1-21(2)18-27-13-7-14-30(22(3)31)24-9-5-4-8-23(24)19-29(17-16-27)25(32)10-6-12-28-15-11-26-20-28/h4-5,8-9,11,15,20-21H,6-7,10,12-14,16-19H2,1-3H3. The summed E-state index contributed by atoms with van der Waals surface area (Å²) in [5, 5.41) is 0. The number of aromatic nitrogens is 2. The predicted molar refractivity (Wildman–Crippen MR) is 127 cm³/mol. The third-order valence-electron chi connectivity index (χ3n) is 5.91. The monoisotopic (exact) mass is 439 g/mol. The molecule has 7 heteroatoms. The molecule has 2 amide bonds. The van der Waals surface area contributed by atoms with Crippen molar-refractivity contribution < 1.29 is 9.59 Å². The highest BCUT2D eigenvalue weighted by Gasteiger charge is 2.22. The summed E-state index contributed by atoms with van der Waals surface area (Å²) in [6, 6.07) is 8.00. The molecule has 3 rings (SSSR count). The maximum Gasteiger partial charge on any atom is 0.223 e. The first-order chi connectivity index (χ1) is 15.4. The minimum Gasteiger partial charge on any atom is -0.337 e. The average Bonchev–Trinajstić information content (AvgIpc) is 3.25. The summed E-state index contributed by atoms with van der Waals surface area (Å²) in [4.78, 5) is 36.0. The molecule has 0 saturated heterocycles. The van der Waals surface area contributed by atoms with E-state index in [1.165, 1.54) is 0 Å². The Bertz CT molecular complexity index is 865. The summed E-state index contributed by atoms with van der Waals surface area (Å²) in [6.07, 6.45) is 7.67. The maximum atomic E-state index is 13.2. The molecule has 32 heavy (non-hydrogen) atoms. The van der Waals surface area contributed by atoms with Crippen molar-refractivity contribution in [3.8, 4) is 0 Å². The number of benzene rings is 1. The third kappa shape index (κ3) is 6.92. The molecule has 0 spiro atoms. The van der Waals surface area contributed by atoms with Crippen molar-refractivity contribution in [3.63, 3.8) is 0 Å². The van der Waals surface area contributed by atoms with Gasteiger partial charge in [0.2, 0.25) is 11.8 Å². The van der Waals surface area contributed by atoms with E-state index in [1.807, 2.05) is 44.8 Å². The van der Waals surface area contributed by atoms with Gasteiger partial charge >= 0.3 is 0 Å². The molecule has 0 unspecified atom stereocenters. The zero-order chi connectivity index (χ0) is 22.9. The summed E-state index contributed by atoms with van der Waals surface area (Å²) < 4.78 is 2.00. The second-order valence-corrected chi connectivity index (χ2v) is 9.07. The van der Waals surface area contributed by atoms with Gasteiger partial charge in [-0.1, -0.05) is 32.0 Å². The van der Waals surface area contributed by atoms with Gasteiger partial charge in [0.05, 0.1) is 6.33 Å². The van der Waals surface area contributed by atoms with Crippen molar-refractivity contribution in [2.75, 3.05) is 37.6 Å². The number of carbonyl (C=O) groups excluding carboxylic acids is 2. The quantitative estimate of drug-likeness (QED) is 0.692.